The maximum Gasteiger partial charge on any atom is 0.338 e. The van der Waals surface area contributed by atoms with Gasteiger partial charge in [-0.1, -0.05) is 12.1 Å². The number of nitrogens with zero attached hydrogens (tertiary/aromatic N) is 3. The predicted molar refractivity (Wildman–Crippen MR) is 154 cm³/mol. The number of aromatic nitrogens is 1. The molecule has 14 heteroatoms. The fourth-order valence-corrected chi connectivity index (χ4v) is 9.03. The van der Waals surface area contributed by atoms with Gasteiger partial charge in [0.2, 0.25) is 10.0 Å². The fraction of sp³-hybridized carbons (Fsp3) is 0.481. The molecule has 2 aliphatic heterocycles. The van der Waals surface area contributed by atoms with Crippen molar-refractivity contribution in [3.05, 3.63) is 61.9 Å². The van der Waals surface area contributed by atoms with E-state index in [0.29, 0.717) is 34.9 Å². The van der Waals surface area contributed by atoms with Crippen LogP contribution in [0, 0.1) is 17.2 Å². The molecule has 0 amide bonds. The molecule has 2 N–H and O–H groups in total. The Kier molecular flexibility index (Phi) is 8.39. The summed E-state index contributed by atoms with van der Waals surface area (Å²) in [7, 11) is -3.67. The number of aliphatic imine (C=N–C) groups is 1. The minimum atomic E-state index is -3.67. The van der Waals surface area contributed by atoms with Gasteiger partial charge < -0.3 is 15.2 Å². The fourth-order valence-electron chi connectivity index (χ4n) is 5.67. The summed E-state index contributed by atoms with van der Waals surface area (Å²) in [6.07, 6.45) is 2.64. The summed E-state index contributed by atoms with van der Waals surface area (Å²) in [4.78, 5) is 34.1. The van der Waals surface area contributed by atoms with Crippen LogP contribution < -0.4 is 5.32 Å². The number of carboxylic acid groups (broad SMARTS) is 1. The molecule has 1 atom stereocenters. The first-order valence-corrected chi connectivity index (χ1v) is 16.5. The average molecular weight is 670 g/mol. The van der Waals surface area contributed by atoms with Gasteiger partial charge in [-0.05, 0) is 67.1 Å². The highest BCUT2D eigenvalue weighted by molar-refractivity contribution is 9.10. The van der Waals surface area contributed by atoms with Gasteiger partial charge in [-0.2, -0.15) is 0 Å². The van der Waals surface area contributed by atoms with Crippen molar-refractivity contribution in [2.75, 3.05) is 19.7 Å². The molecule has 2 fully saturated rings. The van der Waals surface area contributed by atoms with E-state index in [1.165, 1.54) is 21.7 Å². The van der Waals surface area contributed by atoms with Gasteiger partial charge in [0.15, 0.2) is 10.8 Å². The number of piperidine rings is 1. The molecule has 1 aliphatic carbocycles. The van der Waals surface area contributed by atoms with Gasteiger partial charge in [-0.15, -0.1) is 11.3 Å². The third kappa shape index (κ3) is 5.58. The number of nitrogens with one attached hydrogen (secondary N) is 1. The van der Waals surface area contributed by atoms with Crippen molar-refractivity contribution in [2.45, 2.75) is 50.8 Å². The molecular weight excluding hydrogens is 639 g/mol. The number of allylic oxidation sites excluding steroid dienone is 1. The summed E-state index contributed by atoms with van der Waals surface area (Å²) < 4.78 is 48.3. The Bertz CT molecular complexity index is 1510. The molecule has 5 rings (SSSR count). The summed E-state index contributed by atoms with van der Waals surface area (Å²) >= 11 is 4.69. The molecule has 0 spiro atoms. The Morgan fingerprint density at radius 3 is 2.61 bits per heavy atom. The zero-order valence-corrected chi connectivity index (χ0v) is 25.7. The molecule has 220 valence electrons. The monoisotopic (exact) mass is 668 g/mol. The summed E-state index contributed by atoms with van der Waals surface area (Å²) in [6.45, 7) is 3.83. The minimum Gasteiger partial charge on any atom is -0.481 e. The van der Waals surface area contributed by atoms with Crippen molar-refractivity contribution in [2.24, 2.45) is 16.3 Å². The second-order valence-corrected chi connectivity index (χ2v) is 14.5. The maximum absolute atomic E-state index is 14.6. The smallest absolute Gasteiger partial charge is 0.338 e. The highest BCUT2D eigenvalue weighted by Gasteiger charge is 2.53. The lowest BCUT2D eigenvalue weighted by Gasteiger charge is -2.44. The molecule has 1 saturated carbocycles. The molecule has 10 nitrogen and oxygen atoms in total. The Labute approximate surface area is 249 Å². The van der Waals surface area contributed by atoms with Gasteiger partial charge in [0.05, 0.1) is 27.3 Å². The number of carbonyl (C=O) groups is 2. The van der Waals surface area contributed by atoms with Gasteiger partial charge in [0, 0.05) is 36.3 Å². The van der Waals surface area contributed by atoms with Crippen LogP contribution >= 0.6 is 27.3 Å². The highest BCUT2D eigenvalue weighted by atomic mass is 79.9. The van der Waals surface area contributed by atoms with Crippen LogP contribution in [0.5, 0.6) is 0 Å². The molecule has 1 saturated heterocycles. The molecular formula is C27H30BrFN4O6S2. The number of benzene rings is 1. The quantitative estimate of drug-likeness (QED) is 0.398. The first kappa shape index (κ1) is 29.8. The van der Waals surface area contributed by atoms with Gasteiger partial charge in [0.1, 0.15) is 11.9 Å². The maximum atomic E-state index is 14.6. The topological polar surface area (TPSA) is 138 Å². The number of hydrogen-bond donors (Lipinski definition) is 2. The first-order valence-electron chi connectivity index (χ1n) is 13.3. The summed E-state index contributed by atoms with van der Waals surface area (Å²) in [5.41, 5.74) is 0.236. The van der Waals surface area contributed by atoms with Crippen LogP contribution in [0.25, 0.3) is 0 Å². The van der Waals surface area contributed by atoms with E-state index in [2.05, 4.69) is 26.2 Å². The van der Waals surface area contributed by atoms with Crippen LogP contribution in [-0.4, -0.2) is 65.5 Å². The van der Waals surface area contributed by atoms with Crippen molar-refractivity contribution < 1.29 is 32.2 Å². The standard InChI is InChI=1S/C27H30BrFN4O6S2/c1-3-39-25(34)19-21(15-7-10-33(11-8-15)41(37,38)16-13-27(2,14-16)26(35)36)31-23(24-30-9-12-40-24)32-22(19)17-5-4-6-18(29)20(17)28/h4-6,9,12,15-16,22H,3,7-8,10-11,13-14H2,1-2H3,(H,31,32)(H,35,36)/t16?,22-,27?/m1/s1. The number of thiazole rings is 1. The van der Waals surface area contributed by atoms with Gasteiger partial charge in [-0.3, -0.25) is 9.79 Å². The van der Waals surface area contributed by atoms with Gasteiger partial charge >= 0.3 is 11.9 Å². The Morgan fingerprint density at radius 2 is 2.00 bits per heavy atom. The number of amidine groups is 1. The zero-order chi connectivity index (χ0) is 29.5. The average Bonchev–Trinajstić information content (AvgIpc) is 3.47. The molecule has 3 aliphatic rings. The summed E-state index contributed by atoms with van der Waals surface area (Å²) in [5.74, 6) is -1.88. The SMILES string of the molecule is CCOC(=O)C1=C(C2CCN(S(=O)(=O)C3CC(C)(C(=O)O)C3)CC2)NC(c2nccs2)=N[C@@H]1c1cccc(F)c1Br. The largest absolute Gasteiger partial charge is 0.481 e. The van der Waals surface area contributed by atoms with Crippen LogP contribution in [0.15, 0.2) is 50.5 Å². The van der Waals surface area contributed by atoms with E-state index < -0.39 is 44.5 Å². The van der Waals surface area contributed by atoms with Crippen LogP contribution in [0.2, 0.25) is 0 Å². The van der Waals surface area contributed by atoms with Gasteiger partial charge in [-0.25, -0.2) is 26.9 Å². The number of halogens is 2. The highest BCUT2D eigenvalue weighted by Crippen LogP contribution is 2.46. The lowest BCUT2D eigenvalue weighted by atomic mass is 9.70. The Morgan fingerprint density at radius 1 is 1.29 bits per heavy atom. The third-order valence-corrected chi connectivity index (χ3v) is 11.9. The molecule has 0 radical (unpaired) electrons. The Balaban J connectivity index is 1.47. The van der Waals surface area contributed by atoms with Crippen LogP contribution in [-0.2, 0) is 24.3 Å². The number of carbonyl (C=O) groups excluding carboxylic acids is 1. The van der Waals surface area contributed by atoms with E-state index >= 15 is 0 Å². The second-order valence-electron chi connectivity index (χ2n) is 10.6. The van der Waals surface area contributed by atoms with Crippen molar-refractivity contribution in [3.63, 3.8) is 0 Å². The molecule has 0 bridgehead atoms. The van der Waals surface area contributed by atoms with Crippen LogP contribution in [0.3, 0.4) is 0 Å². The second kappa shape index (κ2) is 11.5. The van der Waals surface area contributed by atoms with E-state index in [1.807, 2.05) is 0 Å². The minimum absolute atomic E-state index is 0.0855. The Hall–Kier alpha value is -2.68. The molecule has 1 aromatic carbocycles. The van der Waals surface area contributed by atoms with Gasteiger partial charge in [0.25, 0.3) is 0 Å². The van der Waals surface area contributed by atoms with Crippen molar-refractivity contribution in [1.82, 2.24) is 14.6 Å². The van der Waals surface area contributed by atoms with Crippen molar-refractivity contribution in [3.8, 4) is 0 Å². The summed E-state index contributed by atoms with van der Waals surface area (Å²) in [6, 6.07) is 3.67. The number of sulfonamides is 1. The van der Waals surface area contributed by atoms with E-state index in [-0.39, 0.29) is 48.5 Å². The third-order valence-electron chi connectivity index (χ3n) is 8.00. The zero-order valence-electron chi connectivity index (χ0n) is 22.5. The van der Waals surface area contributed by atoms with Crippen molar-refractivity contribution >= 4 is 55.1 Å². The number of esters is 1. The lowest BCUT2D eigenvalue weighted by Crippen LogP contribution is -2.54. The molecule has 41 heavy (non-hydrogen) atoms. The molecule has 2 aromatic rings. The van der Waals surface area contributed by atoms with Crippen molar-refractivity contribution in [1.29, 1.82) is 0 Å². The number of hydrogen-bond acceptors (Lipinski definition) is 9. The number of carboxylic acids is 1. The van der Waals surface area contributed by atoms with E-state index in [4.69, 9.17) is 9.73 Å². The van der Waals surface area contributed by atoms with E-state index in [0.717, 1.165) is 0 Å². The van der Waals surface area contributed by atoms with E-state index in [1.54, 1.807) is 37.6 Å². The molecule has 1 aromatic heterocycles. The molecule has 0 unspecified atom stereocenters. The molecule has 3 heterocycles. The first-order chi connectivity index (χ1) is 19.5. The number of ether oxygens (including phenoxy) is 1. The van der Waals surface area contributed by atoms with Crippen LogP contribution in [0.1, 0.15) is 56.1 Å². The van der Waals surface area contributed by atoms with E-state index in [9.17, 15) is 27.5 Å². The lowest BCUT2D eigenvalue weighted by molar-refractivity contribution is -0.152. The number of rotatable bonds is 8. The predicted octanol–water partition coefficient (Wildman–Crippen LogP) is 4.25. The van der Waals surface area contributed by atoms with Crippen LogP contribution in [0.4, 0.5) is 4.39 Å². The normalized spacial score (nSPS) is 25.7. The summed E-state index contributed by atoms with van der Waals surface area (Å²) in [5, 5.41) is 14.4. The number of aliphatic carboxylic acids is 1.